The standard InChI is InChI=1S/C16H23FN2O3/c1-12-4-3-5-14(15(12)17)16(21)18(2)10-13(20)11-19-6-8-22-9-7-19/h3-5,13,20H,6-11H2,1-2H3. The monoisotopic (exact) mass is 310 g/mol. The van der Waals surface area contributed by atoms with Gasteiger partial charge in [0.2, 0.25) is 0 Å². The van der Waals surface area contributed by atoms with Crippen molar-refractivity contribution in [3.05, 3.63) is 35.1 Å². The van der Waals surface area contributed by atoms with Crippen molar-refractivity contribution in [2.45, 2.75) is 13.0 Å². The molecule has 5 nitrogen and oxygen atoms in total. The topological polar surface area (TPSA) is 53.0 Å². The molecule has 1 unspecified atom stereocenters. The number of carbonyl (C=O) groups is 1. The maximum absolute atomic E-state index is 14.0. The van der Waals surface area contributed by atoms with Crippen molar-refractivity contribution in [3.63, 3.8) is 0 Å². The Kier molecular flexibility index (Phi) is 5.88. The first-order valence-corrected chi connectivity index (χ1v) is 7.47. The number of carbonyl (C=O) groups excluding carboxylic acids is 1. The Labute approximate surface area is 130 Å². The van der Waals surface area contributed by atoms with E-state index >= 15 is 0 Å². The number of amides is 1. The SMILES string of the molecule is Cc1cccc(C(=O)N(C)CC(O)CN2CCOCC2)c1F. The Hall–Kier alpha value is -1.50. The van der Waals surface area contributed by atoms with E-state index in [-0.39, 0.29) is 12.1 Å². The van der Waals surface area contributed by atoms with Crippen LogP contribution < -0.4 is 0 Å². The minimum absolute atomic E-state index is 0.0427. The van der Waals surface area contributed by atoms with Crippen molar-refractivity contribution in [1.82, 2.24) is 9.80 Å². The lowest BCUT2D eigenvalue weighted by molar-refractivity contribution is 0.00874. The molecule has 1 heterocycles. The Morgan fingerprint density at radius 3 is 2.82 bits per heavy atom. The minimum atomic E-state index is -0.667. The third-order valence-corrected chi connectivity index (χ3v) is 3.83. The van der Waals surface area contributed by atoms with E-state index < -0.39 is 17.8 Å². The number of aliphatic hydroxyl groups excluding tert-OH is 1. The Morgan fingerprint density at radius 1 is 1.45 bits per heavy atom. The molecular formula is C16H23FN2O3. The van der Waals surface area contributed by atoms with E-state index in [9.17, 15) is 14.3 Å². The molecule has 6 heteroatoms. The highest BCUT2D eigenvalue weighted by atomic mass is 19.1. The molecule has 122 valence electrons. The van der Waals surface area contributed by atoms with E-state index in [1.807, 2.05) is 0 Å². The Balaban J connectivity index is 1.91. The molecule has 22 heavy (non-hydrogen) atoms. The van der Waals surface area contributed by atoms with Crippen molar-refractivity contribution in [2.24, 2.45) is 0 Å². The zero-order chi connectivity index (χ0) is 16.1. The molecule has 1 aliphatic rings. The number of rotatable bonds is 5. The summed E-state index contributed by atoms with van der Waals surface area (Å²) in [6.07, 6.45) is -0.667. The summed E-state index contributed by atoms with van der Waals surface area (Å²) in [4.78, 5) is 15.7. The van der Waals surface area contributed by atoms with Crippen LogP contribution in [0, 0.1) is 12.7 Å². The molecule has 0 saturated carbocycles. The molecule has 0 aromatic heterocycles. The summed E-state index contributed by atoms with van der Waals surface area (Å²) in [5.74, 6) is -0.913. The molecule has 2 rings (SSSR count). The van der Waals surface area contributed by atoms with E-state index in [0.29, 0.717) is 25.3 Å². The molecule has 0 spiro atoms. The number of β-amino-alcohol motifs (C(OH)–C–C–N with tert-alkyl or cyclic N) is 1. The summed E-state index contributed by atoms with van der Waals surface area (Å²) in [5, 5.41) is 10.1. The maximum atomic E-state index is 14.0. The van der Waals surface area contributed by atoms with Gasteiger partial charge in [-0.2, -0.15) is 0 Å². The van der Waals surface area contributed by atoms with E-state index in [1.54, 1.807) is 26.1 Å². The lowest BCUT2D eigenvalue weighted by Gasteiger charge is -2.30. The molecule has 0 bridgehead atoms. The lowest BCUT2D eigenvalue weighted by Crippen LogP contribution is -2.45. The zero-order valence-electron chi connectivity index (χ0n) is 13.1. The van der Waals surface area contributed by atoms with Crippen LogP contribution in [0.2, 0.25) is 0 Å². The molecule has 1 N–H and O–H groups in total. The molecule has 0 aliphatic carbocycles. The number of hydrogen-bond acceptors (Lipinski definition) is 4. The molecule has 1 aromatic carbocycles. The van der Waals surface area contributed by atoms with Gasteiger partial charge in [-0.15, -0.1) is 0 Å². The van der Waals surface area contributed by atoms with Crippen molar-refractivity contribution in [1.29, 1.82) is 0 Å². The second-order valence-corrected chi connectivity index (χ2v) is 5.69. The van der Waals surface area contributed by atoms with Crippen molar-refractivity contribution in [2.75, 3.05) is 46.4 Å². The minimum Gasteiger partial charge on any atom is -0.390 e. The van der Waals surface area contributed by atoms with Crippen LogP contribution in [0.5, 0.6) is 0 Å². The van der Waals surface area contributed by atoms with Crippen LogP contribution in [0.1, 0.15) is 15.9 Å². The second-order valence-electron chi connectivity index (χ2n) is 5.69. The number of halogens is 1. The van der Waals surface area contributed by atoms with Gasteiger partial charge >= 0.3 is 0 Å². The van der Waals surface area contributed by atoms with Crippen LogP contribution in [-0.4, -0.2) is 73.4 Å². The van der Waals surface area contributed by atoms with Gasteiger partial charge in [0.05, 0.1) is 24.9 Å². The highest BCUT2D eigenvalue weighted by molar-refractivity contribution is 5.94. The molecule has 0 radical (unpaired) electrons. The quantitative estimate of drug-likeness (QED) is 0.878. The highest BCUT2D eigenvalue weighted by Crippen LogP contribution is 2.14. The number of likely N-dealkylation sites (N-methyl/N-ethyl adjacent to an activating group) is 1. The van der Waals surface area contributed by atoms with Crippen LogP contribution in [0.4, 0.5) is 4.39 Å². The van der Waals surface area contributed by atoms with Gasteiger partial charge in [0, 0.05) is 33.2 Å². The summed E-state index contributed by atoms with van der Waals surface area (Å²) in [6, 6.07) is 4.75. The van der Waals surface area contributed by atoms with Crippen LogP contribution in [-0.2, 0) is 4.74 Å². The number of benzene rings is 1. The van der Waals surface area contributed by atoms with Crippen LogP contribution in [0.3, 0.4) is 0 Å². The van der Waals surface area contributed by atoms with Gasteiger partial charge < -0.3 is 14.7 Å². The fourth-order valence-electron chi connectivity index (χ4n) is 2.56. The van der Waals surface area contributed by atoms with E-state index in [2.05, 4.69) is 4.90 Å². The summed E-state index contributed by atoms with van der Waals surface area (Å²) in [5.41, 5.74) is 0.481. The predicted octanol–water partition coefficient (Wildman–Crippen LogP) is 0.899. The van der Waals surface area contributed by atoms with Gasteiger partial charge in [0.25, 0.3) is 5.91 Å². The van der Waals surface area contributed by atoms with Crippen molar-refractivity contribution >= 4 is 5.91 Å². The Morgan fingerprint density at radius 2 is 2.14 bits per heavy atom. The van der Waals surface area contributed by atoms with Crippen LogP contribution in [0.15, 0.2) is 18.2 Å². The number of nitrogens with zero attached hydrogens (tertiary/aromatic N) is 2. The van der Waals surface area contributed by atoms with Gasteiger partial charge in [-0.25, -0.2) is 4.39 Å². The van der Waals surface area contributed by atoms with Gasteiger partial charge in [-0.3, -0.25) is 9.69 Å². The molecule has 1 saturated heterocycles. The molecule has 1 aliphatic heterocycles. The predicted molar refractivity (Wildman–Crippen MR) is 81.4 cm³/mol. The Bertz CT molecular complexity index is 518. The van der Waals surface area contributed by atoms with Crippen LogP contribution in [0.25, 0.3) is 0 Å². The number of hydrogen-bond donors (Lipinski definition) is 1. The third-order valence-electron chi connectivity index (χ3n) is 3.83. The normalized spacial score (nSPS) is 17.3. The van der Waals surface area contributed by atoms with E-state index in [4.69, 9.17) is 4.74 Å². The average Bonchev–Trinajstić information content (AvgIpc) is 2.50. The van der Waals surface area contributed by atoms with E-state index in [1.165, 1.54) is 11.0 Å². The first-order chi connectivity index (χ1) is 10.5. The zero-order valence-corrected chi connectivity index (χ0v) is 13.1. The lowest BCUT2D eigenvalue weighted by atomic mass is 10.1. The number of morpholine rings is 1. The number of aliphatic hydroxyl groups is 1. The average molecular weight is 310 g/mol. The maximum Gasteiger partial charge on any atom is 0.256 e. The van der Waals surface area contributed by atoms with Crippen LogP contribution >= 0.6 is 0 Å². The smallest absolute Gasteiger partial charge is 0.256 e. The number of aryl methyl sites for hydroxylation is 1. The van der Waals surface area contributed by atoms with Gasteiger partial charge in [-0.1, -0.05) is 12.1 Å². The third kappa shape index (κ3) is 4.25. The summed E-state index contributed by atoms with van der Waals surface area (Å²) in [7, 11) is 1.58. The first kappa shape index (κ1) is 16.9. The molecular weight excluding hydrogens is 287 g/mol. The first-order valence-electron chi connectivity index (χ1n) is 7.47. The highest BCUT2D eigenvalue weighted by Gasteiger charge is 2.21. The summed E-state index contributed by atoms with van der Waals surface area (Å²) >= 11 is 0. The summed E-state index contributed by atoms with van der Waals surface area (Å²) < 4.78 is 19.2. The molecule has 1 amide bonds. The fraction of sp³-hybridized carbons (Fsp3) is 0.562. The van der Waals surface area contributed by atoms with Crippen molar-refractivity contribution in [3.8, 4) is 0 Å². The van der Waals surface area contributed by atoms with Gasteiger partial charge in [0.15, 0.2) is 0 Å². The fourth-order valence-corrected chi connectivity index (χ4v) is 2.56. The van der Waals surface area contributed by atoms with Gasteiger partial charge in [-0.05, 0) is 18.6 Å². The van der Waals surface area contributed by atoms with E-state index in [0.717, 1.165) is 13.1 Å². The van der Waals surface area contributed by atoms with Gasteiger partial charge in [0.1, 0.15) is 5.82 Å². The second kappa shape index (κ2) is 7.67. The number of ether oxygens (including phenoxy) is 1. The molecule has 1 fully saturated rings. The summed E-state index contributed by atoms with van der Waals surface area (Å²) in [6.45, 7) is 5.16. The van der Waals surface area contributed by atoms with Crippen molar-refractivity contribution < 1.29 is 19.0 Å². The molecule has 1 aromatic rings. The largest absolute Gasteiger partial charge is 0.390 e. The molecule has 1 atom stereocenters.